The molecule has 0 unspecified atom stereocenters. The van der Waals surface area contributed by atoms with Crippen LogP contribution in [-0.4, -0.2) is 68.2 Å². The van der Waals surface area contributed by atoms with Crippen molar-refractivity contribution < 1.29 is 9.53 Å². The van der Waals surface area contributed by atoms with Crippen LogP contribution in [0.5, 0.6) is 0 Å². The fourth-order valence-corrected chi connectivity index (χ4v) is 4.67. The van der Waals surface area contributed by atoms with Crippen LogP contribution in [0, 0.1) is 0 Å². The highest BCUT2D eigenvalue weighted by atomic mass is 16.5. The fourth-order valence-electron chi connectivity index (χ4n) is 4.67. The Balaban J connectivity index is 1.33. The Morgan fingerprint density at radius 1 is 1.07 bits per heavy atom. The summed E-state index contributed by atoms with van der Waals surface area (Å²) in [5, 5.41) is 0. The highest BCUT2D eigenvalue weighted by molar-refractivity contribution is 5.95. The molecule has 30 heavy (non-hydrogen) atoms. The Hall–Kier alpha value is -2.37. The number of ether oxygens (including phenoxy) is 1. The number of nitrogens with zero attached hydrogens (tertiary/aromatic N) is 3. The Kier molecular flexibility index (Phi) is 6.11. The first-order valence-electron chi connectivity index (χ1n) is 10.9. The maximum Gasteiger partial charge on any atom is 0.253 e. The zero-order valence-corrected chi connectivity index (χ0v) is 18.4. The van der Waals surface area contributed by atoms with E-state index in [0.29, 0.717) is 6.04 Å². The van der Waals surface area contributed by atoms with Crippen molar-refractivity contribution in [3.8, 4) is 0 Å². The molecule has 2 aromatic rings. The largest absolute Gasteiger partial charge is 0.378 e. The molecule has 5 heteroatoms. The van der Waals surface area contributed by atoms with Crippen LogP contribution in [0.4, 0.5) is 5.69 Å². The average molecular weight is 408 g/mol. The molecule has 1 atom stereocenters. The zero-order chi connectivity index (χ0) is 21.1. The molecule has 2 saturated heterocycles. The Labute approximate surface area is 180 Å². The van der Waals surface area contributed by atoms with Gasteiger partial charge in [0.1, 0.15) is 0 Å². The quantitative estimate of drug-likeness (QED) is 0.758. The lowest BCUT2D eigenvalue weighted by molar-refractivity contribution is -0.0393. The van der Waals surface area contributed by atoms with E-state index >= 15 is 0 Å². The van der Waals surface area contributed by atoms with Gasteiger partial charge in [-0.15, -0.1) is 0 Å². The molecule has 2 aromatic carbocycles. The molecular weight excluding hydrogens is 374 g/mol. The predicted molar refractivity (Wildman–Crippen MR) is 121 cm³/mol. The first-order chi connectivity index (χ1) is 14.5. The summed E-state index contributed by atoms with van der Waals surface area (Å²) >= 11 is 0. The van der Waals surface area contributed by atoms with Crippen molar-refractivity contribution in [2.75, 3.05) is 45.7 Å². The van der Waals surface area contributed by atoms with Crippen molar-refractivity contribution in [1.82, 2.24) is 9.80 Å². The monoisotopic (exact) mass is 407 g/mol. The van der Waals surface area contributed by atoms with Gasteiger partial charge in [-0.25, -0.2) is 0 Å². The standard InChI is InChI=1S/C25H33N3O2/c1-26(2)22-11-7-10-21(16-22)24(29)28-14-12-25(13-15-28)17-23(19-30-25)27(3)18-20-8-5-4-6-9-20/h4-11,16,23H,12-15,17-19H2,1-3H3/t23-/m1/s1. The zero-order valence-electron chi connectivity index (χ0n) is 18.4. The van der Waals surface area contributed by atoms with Gasteiger partial charge in [-0.1, -0.05) is 36.4 Å². The number of benzene rings is 2. The SMILES string of the molecule is CN(C)c1cccc(C(=O)N2CCC3(CC2)C[C@@H](N(C)Cc2ccccc2)CO3)c1. The highest BCUT2D eigenvalue weighted by Crippen LogP contribution is 2.38. The van der Waals surface area contributed by atoms with Crippen LogP contribution in [0.1, 0.15) is 35.2 Å². The molecule has 2 fully saturated rings. The minimum Gasteiger partial charge on any atom is -0.378 e. The maximum absolute atomic E-state index is 13.0. The molecule has 2 aliphatic heterocycles. The molecule has 1 spiro atoms. The van der Waals surface area contributed by atoms with Crippen molar-refractivity contribution >= 4 is 11.6 Å². The van der Waals surface area contributed by atoms with Crippen LogP contribution in [0.25, 0.3) is 0 Å². The van der Waals surface area contributed by atoms with E-state index in [0.717, 1.165) is 56.8 Å². The van der Waals surface area contributed by atoms with Gasteiger partial charge in [0.15, 0.2) is 0 Å². The molecule has 2 aliphatic rings. The molecule has 0 aliphatic carbocycles. The van der Waals surface area contributed by atoms with E-state index in [4.69, 9.17) is 4.74 Å². The Morgan fingerprint density at radius 3 is 2.50 bits per heavy atom. The van der Waals surface area contributed by atoms with Crippen LogP contribution >= 0.6 is 0 Å². The number of anilines is 1. The second-order valence-corrected chi connectivity index (χ2v) is 8.99. The van der Waals surface area contributed by atoms with Gasteiger partial charge in [-0.05, 0) is 50.1 Å². The highest BCUT2D eigenvalue weighted by Gasteiger charge is 2.44. The van der Waals surface area contributed by atoms with Crippen molar-refractivity contribution in [3.63, 3.8) is 0 Å². The number of likely N-dealkylation sites (N-methyl/N-ethyl adjacent to an activating group) is 1. The molecule has 0 radical (unpaired) electrons. The summed E-state index contributed by atoms with van der Waals surface area (Å²) in [4.78, 5) is 19.4. The van der Waals surface area contributed by atoms with E-state index in [9.17, 15) is 4.79 Å². The van der Waals surface area contributed by atoms with Crippen LogP contribution in [0.3, 0.4) is 0 Å². The number of likely N-dealkylation sites (tertiary alicyclic amines) is 1. The molecule has 2 heterocycles. The van der Waals surface area contributed by atoms with Gasteiger partial charge in [0.05, 0.1) is 12.2 Å². The molecule has 1 amide bonds. The van der Waals surface area contributed by atoms with Gasteiger partial charge in [-0.2, -0.15) is 0 Å². The summed E-state index contributed by atoms with van der Waals surface area (Å²) < 4.78 is 6.35. The first kappa shape index (κ1) is 20.9. The van der Waals surface area contributed by atoms with Crippen molar-refractivity contribution in [2.45, 2.75) is 37.5 Å². The summed E-state index contributed by atoms with van der Waals surface area (Å²) in [7, 11) is 6.18. The van der Waals surface area contributed by atoms with E-state index in [1.54, 1.807) is 0 Å². The van der Waals surface area contributed by atoms with Gasteiger partial charge in [0.25, 0.3) is 5.91 Å². The maximum atomic E-state index is 13.0. The lowest BCUT2D eigenvalue weighted by atomic mass is 9.87. The Morgan fingerprint density at radius 2 is 1.80 bits per heavy atom. The number of amides is 1. The van der Waals surface area contributed by atoms with Crippen molar-refractivity contribution in [3.05, 3.63) is 65.7 Å². The summed E-state index contributed by atoms with van der Waals surface area (Å²) in [6.45, 7) is 3.25. The number of hydrogen-bond donors (Lipinski definition) is 0. The van der Waals surface area contributed by atoms with Gasteiger partial charge in [0.2, 0.25) is 0 Å². The summed E-state index contributed by atoms with van der Waals surface area (Å²) in [6, 6.07) is 18.9. The van der Waals surface area contributed by atoms with E-state index in [-0.39, 0.29) is 11.5 Å². The van der Waals surface area contributed by atoms with Crippen molar-refractivity contribution in [2.24, 2.45) is 0 Å². The normalized spacial score (nSPS) is 20.7. The fraction of sp³-hybridized carbons (Fsp3) is 0.480. The molecule has 160 valence electrons. The third kappa shape index (κ3) is 4.52. The molecule has 5 nitrogen and oxygen atoms in total. The van der Waals surface area contributed by atoms with Crippen LogP contribution in [-0.2, 0) is 11.3 Å². The van der Waals surface area contributed by atoms with Gasteiger partial charge in [0, 0.05) is 51.0 Å². The average Bonchev–Trinajstić information content (AvgIpc) is 3.18. The topological polar surface area (TPSA) is 36.0 Å². The van der Waals surface area contributed by atoms with Gasteiger partial charge >= 0.3 is 0 Å². The lowest BCUT2D eigenvalue weighted by Crippen LogP contribution is -2.47. The third-order valence-corrected chi connectivity index (χ3v) is 6.66. The molecular formula is C25H33N3O2. The number of piperidine rings is 1. The summed E-state index contributed by atoms with van der Waals surface area (Å²) in [6.07, 6.45) is 2.89. The second-order valence-electron chi connectivity index (χ2n) is 8.99. The van der Waals surface area contributed by atoms with Crippen molar-refractivity contribution in [1.29, 1.82) is 0 Å². The predicted octanol–water partition coefficient (Wildman–Crippen LogP) is 3.65. The van der Waals surface area contributed by atoms with E-state index < -0.39 is 0 Å². The van der Waals surface area contributed by atoms with Gasteiger partial charge in [-0.3, -0.25) is 9.69 Å². The third-order valence-electron chi connectivity index (χ3n) is 6.66. The van der Waals surface area contributed by atoms with E-state index in [1.807, 2.05) is 48.2 Å². The first-order valence-corrected chi connectivity index (χ1v) is 10.9. The molecule has 4 rings (SSSR count). The minimum atomic E-state index is -0.0715. The molecule has 0 saturated carbocycles. The number of hydrogen-bond acceptors (Lipinski definition) is 4. The van der Waals surface area contributed by atoms with Crippen LogP contribution < -0.4 is 4.90 Å². The lowest BCUT2D eigenvalue weighted by Gasteiger charge is -2.39. The smallest absolute Gasteiger partial charge is 0.253 e. The molecule has 0 bridgehead atoms. The van der Waals surface area contributed by atoms with E-state index in [2.05, 4.69) is 42.3 Å². The number of rotatable bonds is 5. The summed E-state index contributed by atoms with van der Waals surface area (Å²) in [5.74, 6) is 0.129. The van der Waals surface area contributed by atoms with Crippen LogP contribution in [0.2, 0.25) is 0 Å². The number of carbonyl (C=O) groups excluding carboxylic acids is 1. The second kappa shape index (κ2) is 8.78. The Bertz CT molecular complexity index is 860. The molecule has 0 aromatic heterocycles. The molecule has 0 N–H and O–H groups in total. The van der Waals surface area contributed by atoms with E-state index in [1.165, 1.54) is 5.56 Å². The van der Waals surface area contributed by atoms with Crippen LogP contribution in [0.15, 0.2) is 54.6 Å². The van der Waals surface area contributed by atoms with Gasteiger partial charge < -0.3 is 14.5 Å². The number of carbonyl (C=O) groups is 1. The minimum absolute atomic E-state index is 0.0715. The summed E-state index contributed by atoms with van der Waals surface area (Å²) in [5.41, 5.74) is 3.08.